The lowest BCUT2D eigenvalue weighted by atomic mass is 9.85. The highest BCUT2D eigenvalue weighted by molar-refractivity contribution is 6.60. The van der Waals surface area contributed by atoms with Crippen LogP contribution in [0.15, 0.2) is 17.0 Å². The van der Waals surface area contributed by atoms with Crippen LogP contribution in [0.5, 0.6) is 0 Å². The van der Waals surface area contributed by atoms with Gasteiger partial charge in [-0.15, -0.1) is 0 Å². The van der Waals surface area contributed by atoms with Crippen molar-refractivity contribution < 1.29 is 13.7 Å². The Morgan fingerprint density at radius 2 is 2.07 bits per heavy atom. The smallest absolute Gasteiger partial charge is 0.452 e. The number of nitrogens with zero attached hydrogens (tertiary/aromatic N) is 1. The third-order valence-electron chi connectivity index (χ3n) is 3.40. The lowest BCUT2D eigenvalue weighted by Gasteiger charge is -2.35. The van der Waals surface area contributed by atoms with Crippen molar-refractivity contribution in [2.24, 2.45) is 0 Å². The molecule has 0 N–H and O–H groups in total. The summed E-state index contributed by atoms with van der Waals surface area (Å²) < 4.78 is 16.9. The minimum Gasteiger partial charge on any atom is -0.452 e. The van der Waals surface area contributed by atoms with Gasteiger partial charge in [-0.3, -0.25) is 0 Å². The van der Waals surface area contributed by atoms with Crippen molar-refractivity contribution in [3.8, 4) is 0 Å². The fourth-order valence-corrected chi connectivity index (χ4v) is 1.76. The molecule has 1 aromatic heterocycles. The molecule has 15 heavy (non-hydrogen) atoms. The van der Waals surface area contributed by atoms with Crippen molar-refractivity contribution in [3.05, 3.63) is 12.6 Å². The molecular formula is C10H16BNO3. The molecule has 1 fully saturated rings. The Labute approximate surface area is 90.1 Å². The van der Waals surface area contributed by atoms with Crippen molar-refractivity contribution in [1.29, 1.82) is 0 Å². The summed E-state index contributed by atoms with van der Waals surface area (Å²) in [6.45, 7) is 8.22. The molecule has 0 spiro atoms. The number of hydrogen-bond donors (Lipinski definition) is 0. The Balaban J connectivity index is 2.23. The van der Waals surface area contributed by atoms with E-state index in [1.54, 1.807) is 6.20 Å². The number of hydrogen-bond acceptors (Lipinski definition) is 4. The second-order valence-corrected chi connectivity index (χ2v) is 4.57. The molecule has 82 valence electrons. The van der Waals surface area contributed by atoms with Gasteiger partial charge in [-0.2, -0.15) is 0 Å². The van der Waals surface area contributed by atoms with E-state index in [4.69, 9.17) is 13.7 Å². The van der Waals surface area contributed by atoms with Crippen LogP contribution in [0.4, 0.5) is 0 Å². The molecule has 4 nitrogen and oxygen atoms in total. The molecule has 1 aromatic rings. The van der Waals surface area contributed by atoms with Gasteiger partial charge < -0.3 is 13.7 Å². The lowest BCUT2D eigenvalue weighted by Crippen LogP contribution is -2.44. The summed E-state index contributed by atoms with van der Waals surface area (Å²) in [5, 5.41) is 0. The number of rotatable bonds is 2. The second kappa shape index (κ2) is 3.35. The molecule has 1 atom stereocenters. The van der Waals surface area contributed by atoms with Crippen LogP contribution >= 0.6 is 0 Å². The van der Waals surface area contributed by atoms with Crippen LogP contribution in [0.3, 0.4) is 0 Å². The van der Waals surface area contributed by atoms with Gasteiger partial charge in [0.15, 0.2) is 12.1 Å². The minimum atomic E-state index is -0.438. The molecule has 0 saturated carbocycles. The van der Waals surface area contributed by atoms with E-state index in [1.807, 2.05) is 13.8 Å². The first kappa shape index (κ1) is 10.7. The van der Waals surface area contributed by atoms with E-state index >= 15 is 0 Å². The first-order valence-electron chi connectivity index (χ1n) is 5.22. The second-order valence-electron chi connectivity index (χ2n) is 4.57. The third-order valence-corrected chi connectivity index (χ3v) is 3.40. The molecule has 0 amide bonds. The Morgan fingerprint density at radius 1 is 1.33 bits per heavy atom. The monoisotopic (exact) mass is 209 g/mol. The van der Waals surface area contributed by atoms with Gasteiger partial charge in [0.05, 0.1) is 17.4 Å². The van der Waals surface area contributed by atoms with Gasteiger partial charge in [0.2, 0.25) is 0 Å². The molecule has 2 rings (SSSR count). The van der Waals surface area contributed by atoms with E-state index in [-0.39, 0.29) is 11.2 Å². The number of aromatic nitrogens is 1. The Hall–Kier alpha value is -0.805. The topological polar surface area (TPSA) is 44.5 Å². The van der Waals surface area contributed by atoms with Gasteiger partial charge in [0.25, 0.3) is 0 Å². The summed E-state index contributed by atoms with van der Waals surface area (Å²) in [6, 6.07) is 0. The third kappa shape index (κ3) is 1.60. The zero-order chi connectivity index (χ0) is 11.1. The van der Waals surface area contributed by atoms with E-state index in [9.17, 15) is 0 Å². The highest BCUT2D eigenvalue weighted by Gasteiger charge is 2.54. The Morgan fingerprint density at radius 3 is 2.53 bits per heavy atom. The largest absolute Gasteiger partial charge is 0.534 e. The van der Waals surface area contributed by atoms with Gasteiger partial charge in [0.1, 0.15) is 0 Å². The summed E-state index contributed by atoms with van der Waals surface area (Å²) in [5.74, 6) is 0. The predicted molar refractivity (Wildman–Crippen MR) is 56.8 cm³/mol. The standard InChI is InChI=1S/C10H16BNO3/c1-5-10(4)9(2,3)14-11(15-10)8-6-12-7-13-8/h6-7H,5H2,1-4H3. The first-order chi connectivity index (χ1) is 6.98. The lowest BCUT2D eigenvalue weighted by molar-refractivity contribution is -0.0118. The van der Waals surface area contributed by atoms with Crippen LogP contribution < -0.4 is 5.66 Å². The Bertz CT molecular complexity index is 338. The molecule has 1 aliphatic rings. The SMILES string of the molecule is CCC1(C)OB(c2cnco2)OC1(C)C. The Kier molecular flexibility index (Phi) is 2.39. The molecule has 1 saturated heterocycles. The van der Waals surface area contributed by atoms with Crippen molar-refractivity contribution in [3.63, 3.8) is 0 Å². The molecule has 5 heteroatoms. The molecule has 1 unspecified atom stereocenters. The van der Waals surface area contributed by atoms with Gasteiger partial charge in [0, 0.05) is 0 Å². The minimum absolute atomic E-state index is 0.287. The summed E-state index contributed by atoms with van der Waals surface area (Å²) in [4.78, 5) is 3.86. The summed E-state index contributed by atoms with van der Waals surface area (Å²) in [6.07, 6.45) is 3.91. The molecular weight excluding hydrogens is 193 g/mol. The van der Waals surface area contributed by atoms with Gasteiger partial charge in [-0.1, -0.05) is 6.92 Å². The van der Waals surface area contributed by atoms with Crippen LogP contribution in [-0.2, 0) is 9.31 Å². The fraction of sp³-hybridized carbons (Fsp3) is 0.700. The molecule has 0 aliphatic carbocycles. The zero-order valence-electron chi connectivity index (χ0n) is 9.61. The molecule has 1 aliphatic heterocycles. The summed E-state index contributed by atoms with van der Waals surface area (Å²) >= 11 is 0. The maximum Gasteiger partial charge on any atom is 0.534 e. The maximum atomic E-state index is 5.90. The van der Waals surface area contributed by atoms with Crippen molar-refractivity contribution in [1.82, 2.24) is 4.98 Å². The zero-order valence-corrected chi connectivity index (χ0v) is 9.61. The van der Waals surface area contributed by atoms with Gasteiger partial charge >= 0.3 is 7.12 Å². The molecule has 0 aromatic carbocycles. The summed E-state index contributed by atoms with van der Waals surface area (Å²) in [5.41, 5.74) is 0.0178. The predicted octanol–water partition coefficient (Wildman–Crippen LogP) is 1.36. The average molecular weight is 209 g/mol. The van der Waals surface area contributed by atoms with E-state index in [2.05, 4.69) is 18.8 Å². The van der Waals surface area contributed by atoms with Crippen LogP contribution in [0, 0.1) is 0 Å². The average Bonchev–Trinajstić information content (AvgIpc) is 2.74. The quantitative estimate of drug-likeness (QED) is 0.690. The fourth-order valence-electron chi connectivity index (χ4n) is 1.76. The molecule has 0 bridgehead atoms. The van der Waals surface area contributed by atoms with E-state index in [0.717, 1.165) is 6.42 Å². The highest BCUT2D eigenvalue weighted by Crippen LogP contribution is 2.39. The van der Waals surface area contributed by atoms with Crippen LogP contribution in [0.1, 0.15) is 34.1 Å². The van der Waals surface area contributed by atoms with Gasteiger partial charge in [-0.25, -0.2) is 4.98 Å². The maximum absolute atomic E-state index is 5.90. The van der Waals surface area contributed by atoms with Crippen molar-refractivity contribution >= 4 is 12.8 Å². The van der Waals surface area contributed by atoms with Gasteiger partial charge in [-0.05, 0) is 27.2 Å². The molecule has 2 heterocycles. The van der Waals surface area contributed by atoms with Crippen LogP contribution in [-0.4, -0.2) is 23.3 Å². The molecule has 0 radical (unpaired) electrons. The van der Waals surface area contributed by atoms with Crippen molar-refractivity contribution in [2.75, 3.05) is 0 Å². The van der Waals surface area contributed by atoms with E-state index < -0.39 is 7.12 Å². The van der Waals surface area contributed by atoms with E-state index in [0.29, 0.717) is 5.66 Å². The van der Waals surface area contributed by atoms with Crippen LogP contribution in [0.25, 0.3) is 0 Å². The summed E-state index contributed by atoms with van der Waals surface area (Å²) in [7, 11) is -0.438. The normalized spacial score (nSPS) is 29.7. The van der Waals surface area contributed by atoms with E-state index in [1.165, 1.54) is 6.39 Å². The van der Waals surface area contributed by atoms with Crippen molar-refractivity contribution in [2.45, 2.75) is 45.3 Å². The van der Waals surface area contributed by atoms with Crippen LogP contribution in [0.2, 0.25) is 0 Å². The first-order valence-corrected chi connectivity index (χ1v) is 5.22. The highest BCUT2D eigenvalue weighted by atomic mass is 16.7. The number of oxazole rings is 1.